The number of rotatable bonds is 12. The third kappa shape index (κ3) is 6.68. The summed E-state index contributed by atoms with van der Waals surface area (Å²) < 4.78 is 0. The average Bonchev–Trinajstić information content (AvgIpc) is 3.30. The Morgan fingerprint density at radius 2 is 1.75 bits per heavy atom. The number of phenolic OH excluding ortho intramolecular Hbond substituents is 1. The normalized spacial score (nSPS) is 15.8. The van der Waals surface area contributed by atoms with E-state index in [9.17, 15) is 9.90 Å². The van der Waals surface area contributed by atoms with Crippen LogP contribution in [0, 0.1) is 0 Å². The van der Waals surface area contributed by atoms with Gasteiger partial charge in [-0.2, -0.15) is 0 Å². The number of nitrogens with one attached hydrogen (secondary N) is 1. The maximum Gasteiger partial charge on any atom is 0.228 e. The first-order chi connectivity index (χ1) is 17.6. The van der Waals surface area contributed by atoms with Crippen molar-refractivity contribution in [2.45, 2.75) is 58.4 Å². The molecule has 6 heteroatoms. The number of aryl methyl sites for hydroxylation is 1. The van der Waals surface area contributed by atoms with Crippen molar-refractivity contribution in [1.29, 1.82) is 0 Å². The van der Waals surface area contributed by atoms with Gasteiger partial charge in [-0.1, -0.05) is 38.5 Å². The molecule has 4 rings (SSSR count). The van der Waals surface area contributed by atoms with E-state index in [0.717, 1.165) is 88.0 Å². The van der Waals surface area contributed by atoms with Crippen LogP contribution in [0.25, 0.3) is 10.9 Å². The number of hydrogen-bond acceptors (Lipinski definition) is 4. The standard InChI is InChI=1S/C30H42N4O2/c1-3-9-25(4-2)34(26-11-6-5-7-12-26)30(36)15-17-33-20-18-32(19-21-33)16-8-10-24-23-31-29-14-13-27(35)22-28(24)29/h5-7,11-14,22-23,25,31,35H,3-4,8-10,15-21H2,1-2H3. The molecule has 1 saturated heterocycles. The minimum absolute atomic E-state index is 0.244. The van der Waals surface area contributed by atoms with Crippen LogP contribution in [0.4, 0.5) is 5.69 Å². The van der Waals surface area contributed by atoms with Gasteiger partial charge in [-0.25, -0.2) is 0 Å². The van der Waals surface area contributed by atoms with Crippen LogP contribution in [-0.2, 0) is 11.2 Å². The number of anilines is 1. The number of hydrogen-bond donors (Lipinski definition) is 2. The molecule has 1 aliphatic rings. The summed E-state index contributed by atoms with van der Waals surface area (Å²) in [5.74, 6) is 0.564. The van der Waals surface area contributed by atoms with Gasteiger partial charge in [-0.3, -0.25) is 4.79 Å². The maximum atomic E-state index is 13.4. The Hall–Kier alpha value is -2.83. The number of phenols is 1. The minimum Gasteiger partial charge on any atom is -0.508 e. The molecule has 194 valence electrons. The van der Waals surface area contributed by atoms with Crippen LogP contribution in [0.3, 0.4) is 0 Å². The number of para-hydroxylation sites is 1. The average molecular weight is 491 g/mol. The fourth-order valence-electron chi connectivity index (χ4n) is 5.47. The Balaban J connectivity index is 1.22. The summed E-state index contributed by atoms with van der Waals surface area (Å²) in [7, 11) is 0. The van der Waals surface area contributed by atoms with Crippen molar-refractivity contribution < 1.29 is 9.90 Å². The second kappa shape index (κ2) is 12.9. The van der Waals surface area contributed by atoms with Crippen LogP contribution in [-0.4, -0.2) is 71.1 Å². The Bertz CT molecular complexity index is 1090. The molecule has 2 heterocycles. The van der Waals surface area contributed by atoms with Crippen LogP contribution in [0.15, 0.2) is 54.7 Å². The number of benzene rings is 2. The van der Waals surface area contributed by atoms with E-state index in [-0.39, 0.29) is 11.9 Å². The number of aromatic amines is 1. The van der Waals surface area contributed by atoms with E-state index in [4.69, 9.17) is 0 Å². The van der Waals surface area contributed by atoms with Crippen LogP contribution >= 0.6 is 0 Å². The van der Waals surface area contributed by atoms with Crippen molar-refractivity contribution in [1.82, 2.24) is 14.8 Å². The molecule has 0 saturated carbocycles. The van der Waals surface area contributed by atoms with Crippen molar-refractivity contribution in [2.24, 2.45) is 0 Å². The zero-order chi connectivity index (χ0) is 25.3. The van der Waals surface area contributed by atoms with Crippen molar-refractivity contribution in [3.05, 3.63) is 60.3 Å². The van der Waals surface area contributed by atoms with E-state index in [1.54, 1.807) is 6.07 Å². The van der Waals surface area contributed by atoms with E-state index >= 15 is 0 Å². The molecule has 36 heavy (non-hydrogen) atoms. The van der Waals surface area contributed by atoms with Crippen LogP contribution in [0.1, 0.15) is 51.5 Å². The molecule has 2 aromatic carbocycles. The summed E-state index contributed by atoms with van der Waals surface area (Å²) in [6, 6.07) is 16.0. The SMILES string of the molecule is CCCC(CC)N(C(=O)CCN1CCN(CCCc2c[nH]c3ccc(O)cc23)CC1)c1ccccc1. The van der Waals surface area contributed by atoms with Gasteiger partial charge in [0, 0.05) is 68.0 Å². The second-order valence-corrected chi connectivity index (χ2v) is 10.0. The first-order valence-electron chi connectivity index (χ1n) is 13.7. The number of amides is 1. The second-order valence-electron chi connectivity index (χ2n) is 10.0. The molecule has 0 radical (unpaired) electrons. The third-order valence-corrected chi connectivity index (χ3v) is 7.54. The quantitative estimate of drug-likeness (QED) is 0.356. The van der Waals surface area contributed by atoms with Crippen LogP contribution in [0.5, 0.6) is 5.75 Å². The largest absolute Gasteiger partial charge is 0.508 e. The van der Waals surface area contributed by atoms with E-state index < -0.39 is 0 Å². The van der Waals surface area contributed by atoms with Gasteiger partial charge in [-0.15, -0.1) is 0 Å². The highest BCUT2D eigenvalue weighted by Crippen LogP contribution is 2.24. The Labute approximate surface area is 215 Å². The zero-order valence-corrected chi connectivity index (χ0v) is 22.0. The molecule has 6 nitrogen and oxygen atoms in total. The Morgan fingerprint density at radius 3 is 2.44 bits per heavy atom. The molecular weight excluding hydrogens is 448 g/mol. The topological polar surface area (TPSA) is 62.8 Å². The van der Waals surface area contributed by atoms with Gasteiger partial charge in [0.15, 0.2) is 0 Å². The van der Waals surface area contributed by atoms with Crippen molar-refractivity contribution in [2.75, 3.05) is 44.2 Å². The lowest BCUT2D eigenvalue weighted by Crippen LogP contribution is -2.48. The highest BCUT2D eigenvalue weighted by Gasteiger charge is 2.25. The smallest absolute Gasteiger partial charge is 0.228 e. The lowest BCUT2D eigenvalue weighted by atomic mass is 10.1. The lowest BCUT2D eigenvalue weighted by Gasteiger charge is -2.36. The van der Waals surface area contributed by atoms with E-state index in [2.05, 4.69) is 51.9 Å². The summed E-state index contributed by atoms with van der Waals surface area (Å²) in [6.45, 7) is 10.4. The monoisotopic (exact) mass is 490 g/mol. The first-order valence-corrected chi connectivity index (χ1v) is 13.7. The Morgan fingerprint density at radius 1 is 1.03 bits per heavy atom. The number of piperazine rings is 1. The first kappa shape index (κ1) is 26.2. The van der Waals surface area contributed by atoms with Gasteiger partial charge in [0.05, 0.1) is 0 Å². The molecule has 0 bridgehead atoms. The highest BCUT2D eigenvalue weighted by molar-refractivity contribution is 5.94. The number of aromatic hydroxyl groups is 1. The predicted octanol–water partition coefficient (Wildman–Crippen LogP) is 5.43. The number of nitrogens with zero attached hydrogens (tertiary/aromatic N) is 3. The van der Waals surface area contributed by atoms with Gasteiger partial charge in [0.2, 0.25) is 5.91 Å². The molecule has 1 aliphatic heterocycles. The highest BCUT2D eigenvalue weighted by atomic mass is 16.3. The Kier molecular flexibility index (Phi) is 9.42. The molecule has 1 aromatic heterocycles. The maximum absolute atomic E-state index is 13.4. The molecule has 1 amide bonds. The molecule has 0 spiro atoms. The van der Waals surface area contributed by atoms with Crippen LogP contribution < -0.4 is 4.90 Å². The van der Waals surface area contributed by atoms with Gasteiger partial charge in [0.1, 0.15) is 5.75 Å². The molecule has 2 N–H and O–H groups in total. The fourth-order valence-corrected chi connectivity index (χ4v) is 5.47. The number of carbonyl (C=O) groups is 1. The summed E-state index contributed by atoms with van der Waals surface area (Å²) in [5, 5.41) is 10.9. The molecule has 1 fully saturated rings. The van der Waals surface area contributed by atoms with Crippen molar-refractivity contribution >= 4 is 22.5 Å². The number of aromatic nitrogens is 1. The molecule has 0 aliphatic carbocycles. The summed E-state index contributed by atoms with van der Waals surface area (Å²) in [4.78, 5) is 23.7. The van der Waals surface area contributed by atoms with Gasteiger partial charge < -0.3 is 24.8 Å². The van der Waals surface area contributed by atoms with Crippen molar-refractivity contribution in [3.63, 3.8) is 0 Å². The van der Waals surface area contributed by atoms with E-state index in [0.29, 0.717) is 12.2 Å². The van der Waals surface area contributed by atoms with E-state index in [1.165, 1.54) is 5.56 Å². The molecule has 3 aromatic rings. The molecular formula is C30H42N4O2. The zero-order valence-electron chi connectivity index (χ0n) is 22.0. The summed E-state index contributed by atoms with van der Waals surface area (Å²) in [5.41, 5.74) is 3.38. The predicted molar refractivity (Wildman–Crippen MR) is 149 cm³/mol. The number of carbonyl (C=O) groups excluding carboxylic acids is 1. The minimum atomic E-state index is 0.244. The number of H-pyrrole nitrogens is 1. The van der Waals surface area contributed by atoms with Gasteiger partial charge in [-0.05, 0) is 68.1 Å². The summed E-state index contributed by atoms with van der Waals surface area (Å²) >= 11 is 0. The van der Waals surface area contributed by atoms with Gasteiger partial charge >= 0.3 is 0 Å². The number of fused-ring (bicyclic) bond motifs is 1. The van der Waals surface area contributed by atoms with E-state index in [1.807, 2.05) is 30.3 Å². The molecule has 1 unspecified atom stereocenters. The van der Waals surface area contributed by atoms with Gasteiger partial charge in [0.25, 0.3) is 0 Å². The van der Waals surface area contributed by atoms with Crippen LogP contribution in [0.2, 0.25) is 0 Å². The molecule has 1 atom stereocenters. The lowest BCUT2D eigenvalue weighted by molar-refractivity contribution is -0.119. The fraction of sp³-hybridized carbons (Fsp3) is 0.500. The third-order valence-electron chi connectivity index (χ3n) is 7.54. The summed E-state index contributed by atoms with van der Waals surface area (Å²) in [6.07, 6.45) is 7.85. The van der Waals surface area contributed by atoms with Crippen molar-refractivity contribution in [3.8, 4) is 5.75 Å².